The van der Waals surface area contributed by atoms with E-state index in [0.29, 0.717) is 5.82 Å². The summed E-state index contributed by atoms with van der Waals surface area (Å²) in [7, 11) is 0. The lowest BCUT2D eigenvalue weighted by Gasteiger charge is -2.08. The maximum atomic E-state index is 8.62. The van der Waals surface area contributed by atoms with Crippen molar-refractivity contribution >= 4 is 11.6 Å². The quantitative estimate of drug-likeness (QED) is 0.608. The molecule has 0 fully saturated rings. The molecule has 0 aliphatic carbocycles. The fraction of sp³-hybridized carbons (Fsp3) is 0.636. The number of hydrogen-bond acceptors (Lipinski definition) is 5. The topological polar surface area (TPSA) is 84.1 Å². The summed E-state index contributed by atoms with van der Waals surface area (Å²) in [6.45, 7) is 3.07. The highest BCUT2D eigenvalue weighted by molar-refractivity contribution is 5.53. The third-order valence-electron chi connectivity index (χ3n) is 2.50. The molecule has 0 bridgehead atoms. The van der Waals surface area contributed by atoms with Crippen molar-refractivity contribution in [2.45, 2.75) is 32.6 Å². The summed E-state index contributed by atoms with van der Waals surface area (Å²) in [5.41, 5.74) is 6.57. The van der Waals surface area contributed by atoms with Gasteiger partial charge in [-0.2, -0.15) is 0 Å². The highest BCUT2D eigenvalue weighted by atomic mass is 16.2. The van der Waals surface area contributed by atoms with Gasteiger partial charge in [0.2, 0.25) is 0 Å². The summed E-state index contributed by atoms with van der Waals surface area (Å²) in [4.78, 5) is 8.04. The van der Waals surface area contributed by atoms with E-state index in [1.54, 1.807) is 0 Å². The van der Waals surface area contributed by atoms with Gasteiger partial charge in [0, 0.05) is 18.7 Å². The molecule has 0 unspecified atom stereocenters. The SMILES string of the molecule is Cc1c(N)ncnc1NCCCCCCO. The molecule has 1 aromatic rings. The van der Waals surface area contributed by atoms with Gasteiger partial charge in [-0.15, -0.1) is 0 Å². The van der Waals surface area contributed by atoms with Gasteiger partial charge in [0.05, 0.1) is 0 Å². The minimum absolute atomic E-state index is 0.287. The van der Waals surface area contributed by atoms with Crippen LogP contribution in [-0.4, -0.2) is 28.2 Å². The molecule has 0 aliphatic rings. The van der Waals surface area contributed by atoms with Crippen molar-refractivity contribution in [3.05, 3.63) is 11.9 Å². The molecule has 0 atom stereocenters. The van der Waals surface area contributed by atoms with E-state index in [4.69, 9.17) is 10.8 Å². The maximum absolute atomic E-state index is 8.62. The number of aliphatic hydroxyl groups excluding tert-OH is 1. The van der Waals surface area contributed by atoms with Gasteiger partial charge in [0.1, 0.15) is 18.0 Å². The molecular weight excluding hydrogens is 204 g/mol. The monoisotopic (exact) mass is 224 g/mol. The fourth-order valence-electron chi connectivity index (χ4n) is 1.44. The summed E-state index contributed by atoms with van der Waals surface area (Å²) >= 11 is 0. The van der Waals surface area contributed by atoms with Crippen molar-refractivity contribution < 1.29 is 5.11 Å². The Morgan fingerprint density at radius 1 is 1.25 bits per heavy atom. The molecule has 0 aliphatic heterocycles. The summed E-state index contributed by atoms with van der Waals surface area (Å²) in [5, 5.41) is 11.9. The third-order valence-corrected chi connectivity index (χ3v) is 2.50. The first-order valence-electron chi connectivity index (χ1n) is 5.67. The van der Waals surface area contributed by atoms with Gasteiger partial charge in [-0.05, 0) is 19.8 Å². The molecule has 0 amide bonds. The average Bonchev–Trinajstić information content (AvgIpc) is 2.29. The first kappa shape index (κ1) is 12.7. The zero-order valence-electron chi connectivity index (χ0n) is 9.74. The van der Waals surface area contributed by atoms with Crippen molar-refractivity contribution in [3.8, 4) is 0 Å². The fourth-order valence-corrected chi connectivity index (χ4v) is 1.44. The Kier molecular flexibility index (Phi) is 5.56. The Hall–Kier alpha value is -1.36. The van der Waals surface area contributed by atoms with Crippen LogP contribution >= 0.6 is 0 Å². The van der Waals surface area contributed by atoms with E-state index in [-0.39, 0.29) is 6.61 Å². The van der Waals surface area contributed by atoms with E-state index in [9.17, 15) is 0 Å². The van der Waals surface area contributed by atoms with Crippen LogP contribution in [0.5, 0.6) is 0 Å². The number of unbranched alkanes of at least 4 members (excludes halogenated alkanes) is 3. The maximum Gasteiger partial charge on any atom is 0.134 e. The van der Waals surface area contributed by atoms with Crippen LogP contribution in [0.2, 0.25) is 0 Å². The van der Waals surface area contributed by atoms with Crippen LogP contribution in [0, 0.1) is 6.92 Å². The number of rotatable bonds is 7. The van der Waals surface area contributed by atoms with Gasteiger partial charge in [0.15, 0.2) is 0 Å². The van der Waals surface area contributed by atoms with Gasteiger partial charge < -0.3 is 16.2 Å². The predicted octanol–water partition coefficient (Wildman–Crippen LogP) is 1.33. The van der Waals surface area contributed by atoms with Crippen molar-refractivity contribution in [3.63, 3.8) is 0 Å². The number of hydrogen-bond donors (Lipinski definition) is 3. The van der Waals surface area contributed by atoms with E-state index in [1.807, 2.05) is 6.92 Å². The molecule has 5 heteroatoms. The number of nitrogens with two attached hydrogens (primary N) is 1. The second-order valence-corrected chi connectivity index (χ2v) is 3.80. The lowest BCUT2D eigenvalue weighted by atomic mass is 10.2. The molecule has 4 N–H and O–H groups in total. The molecule has 0 radical (unpaired) electrons. The summed E-state index contributed by atoms with van der Waals surface area (Å²) in [6.07, 6.45) is 5.62. The Labute approximate surface area is 96.1 Å². The van der Waals surface area contributed by atoms with Crippen LogP contribution in [0.3, 0.4) is 0 Å². The molecule has 1 rings (SSSR count). The van der Waals surface area contributed by atoms with Crippen molar-refractivity contribution in [2.24, 2.45) is 0 Å². The number of nitrogens with zero attached hydrogens (tertiary/aromatic N) is 2. The van der Waals surface area contributed by atoms with Crippen LogP contribution in [0.25, 0.3) is 0 Å². The third kappa shape index (κ3) is 4.02. The molecule has 0 saturated heterocycles. The van der Waals surface area contributed by atoms with E-state index >= 15 is 0 Å². The molecule has 0 saturated carbocycles. The number of nitrogens with one attached hydrogen (secondary N) is 1. The molecular formula is C11H20N4O. The van der Waals surface area contributed by atoms with Crippen LogP contribution in [-0.2, 0) is 0 Å². The van der Waals surface area contributed by atoms with Crippen LogP contribution in [0.4, 0.5) is 11.6 Å². The minimum atomic E-state index is 0.287. The Bertz CT molecular complexity index is 317. The summed E-state index contributed by atoms with van der Waals surface area (Å²) < 4.78 is 0. The van der Waals surface area contributed by atoms with Gasteiger partial charge in [-0.25, -0.2) is 9.97 Å². The van der Waals surface area contributed by atoms with Crippen molar-refractivity contribution in [1.82, 2.24) is 9.97 Å². The first-order valence-corrected chi connectivity index (χ1v) is 5.67. The van der Waals surface area contributed by atoms with E-state index in [0.717, 1.165) is 43.6 Å². The first-order chi connectivity index (χ1) is 7.75. The molecule has 1 aromatic heterocycles. The smallest absolute Gasteiger partial charge is 0.134 e. The number of aliphatic hydroxyl groups is 1. The lowest BCUT2D eigenvalue weighted by molar-refractivity contribution is 0.283. The lowest BCUT2D eigenvalue weighted by Crippen LogP contribution is -2.07. The molecule has 5 nitrogen and oxygen atoms in total. The molecule has 1 heterocycles. The highest BCUT2D eigenvalue weighted by Crippen LogP contribution is 2.14. The van der Waals surface area contributed by atoms with Crippen molar-refractivity contribution in [1.29, 1.82) is 0 Å². The Morgan fingerprint density at radius 3 is 2.75 bits per heavy atom. The molecule has 0 spiro atoms. The van der Waals surface area contributed by atoms with Gasteiger partial charge in [-0.3, -0.25) is 0 Å². The number of anilines is 2. The molecule has 16 heavy (non-hydrogen) atoms. The zero-order chi connectivity index (χ0) is 11.8. The summed E-state index contributed by atoms with van der Waals surface area (Å²) in [6, 6.07) is 0. The van der Waals surface area contributed by atoms with Gasteiger partial charge in [0.25, 0.3) is 0 Å². The largest absolute Gasteiger partial charge is 0.396 e. The highest BCUT2D eigenvalue weighted by Gasteiger charge is 2.02. The summed E-state index contributed by atoms with van der Waals surface area (Å²) in [5.74, 6) is 1.34. The predicted molar refractivity (Wildman–Crippen MR) is 65.2 cm³/mol. The molecule has 90 valence electrons. The van der Waals surface area contributed by atoms with Crippen LogP contribution < -0.4 is 11.1 Å². The van der Waals surface area contributed by atoms with Crippen molar-refractivity contribution in [2.75, 3.05) is 24.2 Å². The normalized spacial score (nSPS) is 10.4. The number of aromatic nitrogens is 2. The number of nitrogen functional groups attached to an aromatic ring is 1. The zero-order valence-corrected chi connectivity index (χ0v) is 9.74. The van der Waals surface area contributed by atoms with Crippen LogP contribution in [0.1, 0.15) is 31.2 Å². The van der Waals surface area contributed by atoms with Gasteiger partial charge >= 0.3 is 0 Å². The second kappa shape index (κ2) is 7.00. The molecule has 0 aromatic carbocycles. The second-order valence-electron chi connectivity index (χ2n) is 3.80. The minimum Gasteiger partial charge on any atom is -0.396 e. The van der Waals surface area contributed by atoms with Crippen LogP contribution in [0.15, 0.2) is 6.33 Å². The Balaban J connectivity index is 2.24. The van der Waals surface area contributed by atoms with Gasteiger partial charge in [-0.1, -0.05) is 12.8 Å². The Morgan fingerprint density at radius 2 is 2.00 bits per heavy atom. The van der Waals surface area contributed by atoms with E-state index in [1.165, 1.54) is 6.33 Å². The van der Waals surface area contributed by atoms with E-state index < -0.39 is 0 Å². The van der Waals surface area contributed by atoms with E-state index in [2.05, 4.69) is 15.3 Å². The average molecular weight is 224 g/mol. The standard InChI is InChI=1S/C11H20N4O/c1-9-10(12)14-8-15-11(9)13-6-4-2-3-5-7-16/h8,16H,2-7H2,1H3,(H3,12,13,14,15).